The number of carbonyl (C=O) groups excluding carboxylic acids is 1. The molecule has 110 valence electrons. The summed E-state index contributed by atoms with van der Waals surface area (Å²) in [7, 11) is 1.65. The Morgan fingerprint density at radius 2 is 2.05 bits per heavy atom. The molecule has 1 aromatic rings. The lowest BCUT2D eigenvalue weighted by atomic mass is 10.0. The molecule has 1 aliphatic rings. The van der Waals surface area contributed by atoms with Crippen LogP contribution in [0.1, 0.15) is 44.2 Å². The minimum atomic E-state index is -0.403. The van der Waals surface area contributed by atoms with Crippen LogP contribution < -0.4 is 15.8 Å². The Hall–Kier alpha value is -1.55. The van der Waals surface area contributed by atoms with Gasteiger partial charge in [0.25, 0.3) is 0 Å². The molecule has 1 aliphatic carbocycles. The number of nitrogens with two attached hydrogens (primary N) is 1. The van der Waals surface area contributed by atoms with E-state index in [0.717, 1.165) is 24.2 Å². The standard InChI is InChI=1S/C16H24N2O2/c1-3-4-14(17)16(19)18-15(11-5-6-11)12-7-9-13(20-2)10-8-12/h7-11,14-15H,3-6,17H2,1-2H3,(H,18,19). The maximum atomic E-state index is 12.1. The van der Waals surface area contributed by atoms with E-state index in [1.54, 1.807) is 7.11 Å². The number of hydrogen-bond donors (Lipinski definition) is 2. The van der Waals surface area contributed by atoms with Crippen molar-refractivity contribution >= 4 is 5.91 Å². The van der Waals surface area contributed by atoms with E-state index in [2.05, 4.69) is 5.32 Å². The second-order valence-corrected chi connectivity index (χ2v) is 5.49. The molecule has 1 saturated carbocycles. The molecule has 2 rings (SSSR count). The molecule has 0 spiro atoms. The predicted octanol–water partition coefficient (Wildman–Crippen LogP) is 2.39. The van der Waals surface area contributed by atoms with Crippen molar-refractivity contribution in [1.29, 1.82) is 0 Å². The molecule has 2 atom stereocenters. The minimum Gasteiger partial charge on any atom is -0.497 e. The zero-order valence-electron chi connectivity index (χ0n) is 12.3. The first-order valence-corrected chi connectivity index (χ1v) is 7.35. The smallest absolute Gasteiger partial charge is 0.237 e. The van der Waals surface area contributed by atoms with Crippen molar-refractivity contribution < 1.29 is 9.53 Å². The van der Waals surface area contributed by atoms with Gasteiger partial charge in [-0.15, -0.1) is 0 Å². The van der Waals surface area contributed by atoms with Crippen LogP contribution in [0.25, 0.3) is 0 Å². The van der Waals surface area contributed by atoms with Crippen molar-refractivity contribution in [3.63, 3.8) is 0 Å². The van der Waals surface area contributed by atoms with Crippen molar-refractivity contribution in [2.24, 2.45) is 11.7 Å². The summed E-state index contributed by atoms with van der Waals surface area (Å²) in [5.74, 6) is 1.33. The van der Waals surface area contributed by atoms with Crippen LogP contribution in [0.15, 0.2) is 24.3 Å². The highest BCUT2D eigenvalue weighted by Gasteiger charge is 2.34. The van der Waals surface area contributed by atoms with Crippen molar-refractivity contribution in [2.75, 3.05) is 7.11 Å². The van der Waals surface area contributed by atoms with E-state index in [4.69, 9.17) is 10.5 Å². The summed E-state index contributed by atoms with van der Waals surface area (Å²) in [5, 5.41) is 3.11. The zero-order chi connectivity index (χ0) is 14.5. The molecular weight excluding hydrogens is 252 g/mol. The Morgan fingerprint density at radius 1 is 1.40 bits per heavy atom. The SMILES string of the molecule is CCCC(N)C(=O)NC(c1ccc(OC)cc1)C1CC1. The van der Waals surface area contributed by atoms with Gasteiger partial charge in [0.2, 0.25) is 5.91 Å². The fourth-order valence-corrected chi connectivity index (χ4v) is 2.42. The van der Waals surface area contributed by atoms with Gasteiger partial charge in [0.1, 0.15) is 5.75 Å². The Bertz CT molecular complexity index is 440. The van der Waals surface area contributed by atoms with Gasteiger partial charge in [-0.25, -0.2) is 0 Å². The molecule has 0 aromatic heterocycles. The lowest BCUT2D eigenvalue weighted by Crippen LogP contribution is -2.42. The lowest BCUT2D eigenvalue weighted by Gasteiger charge is -2.21. The van der Waals surface area contributed by atoms with Crippen molar-refractivity contribution in [2.45, 2.75) is 44.7 Å². The first kappa shape index (κ1) is 14.9. The van der Waals surface area contributed by atoms with Gasteiger partial charge in [-0.2, -0.15) is 0 Å². The van der Waals surface area contributed by atoms with Gasteiger partial charge < -0.3 is 15.8 Å². The summed E-state index contributed by atoms with van der Waals surface area (Å²) in [5.41, 5.74) is 7.02. The summed E-state index contributed by atoms with van der Waals surface area (Å²) in [6.45, 7) is 2.04. The number of ether oxygens (including phenoxy) is 1. The average molecular weight is 276 g/mol. The van der Waals surface area contributed by atoms with Crippen LogP contribution in [0.4, 0.5) is 0 Å². The summed E-state index contributed by atoms with van der Waals surface area (Å²) in [4.78, 5) is 12.1. The van der Waals surface area contributed by atoms with E-state index < -0.39 is 6.04 Å². The third-order valence-electron chi connectivity index (χ3n) is 3.80. The lowest BCUT2D eigenvalue weighted by molar-refractivity contribution is -0.123. The number of nitrogens with one attached hydrogen (secondary N) is 1. The quantitative estimate of drug-likeness (QED) is 0.803. The Balaban J connectivity index is 2.05. The molecule has 0 saturated heterocycles. The van der Waals surface area contributed by atoms with E-state index in [9.17, 15) is 4.79 Å². The van der Waals surface area contributed by atoms with Gasteiger partial charge in [0.05, 0.1) is 19.2 Å². The molecule has 1 amide bonds. The van der Waals surface area contributed by atoms with E-state index in [-0.39, 0.29) is 11.9 Å². The molecule has 4 nitrogen and oxygen atoms in total. The highest BCUT2D eigenvalue weighted by Crippen LogP contribution is 2.41. The van der Waals surface area contributed by atoms with E-state index >= 15 is 0 Å². The average Bonchev–Trinajstić information content (AvgIpc) is 3.29. The minimum absolute atomic E-state index is 0.0421. The van der Waals surface area contributed by atoms with Gasteiger partial charge in [0.15, 0.2) is 0 Å². The number of methoxy groups -OCH3 is 1. The molecule has 0 aliphatic heterocycles. The van der Waals surface area contributed by atoms with Crippen LogP contribution in [0.3, 0.4) is 0 Å². The Morgan fingerprint density at radius 3 is 2.55 bits per heavy atom. The maximum absolute atomic E-state index is 12.1. The van der Waals surface area contributed by atoms with Gasteiger partial charge in [-0.05, 0) is 42.9 Å². The molecule has 1 fully saturated rings. The normalized spacial score (nSPS) is 17.4. The molecule has 4 heteroatoms. The van der Waals surface area contributed by atoms with Gasteiger partial charge in [-0.3, -0.25) is 4.79 Å². The van der Waals surface area contributed by atoms with Gasteiger partial charge >= 0.3 is 0 Å². The third kappa shape index (κ3) is 3.73. The largest absolute Gasteiger partial charge is 0.497 e. The topological polar surface area (TPSA) is 64.4 Å². The number of benzene rings is 1. The van der Waals surface area contributed by atoms with E-state index in [1.807, 2.05) is 31.2 Å². The summed E-state index contributed by atoms with van der Waals surface area (Å²) in [6, 6.07) is 7.59. The second kappa shape index (κ2) is 6.75. The van der Waals surface area contributed by atoms with Crippen LogP contribution in [0.5, 0.6) is 5.75 Å². The molecule has 20 heavy (non-hydrogen) atoms. The molecule has 0 bridgehead atoms. The fourth-order valence-electron chi connectivity index (χ4n) is 2.42. The van der Waals surface area contributed by atoms with Crippen molar-refractivity contribution in [1.82, 2.24) is 5.32 Å². The van der Waals surface area contributed by atoms with Gasteiger partial charge in [-0.1, -0.05) is 25.5 Å². The Labute approximate surface area is 120 Å². The first-order valence-electron chi connectivity index (χ1n) is 7.35. The van der Waals surface area contributed by atoms with Crippen molar-refractivity contribution in [3.8, 4) is 5.75 Å². The maximum Gasteiger partial charge on any atom is 0.237 e. The number of carbonyl (C=O) groups is 1. The van der Waals surface area contributed by atoms with Crippen molar-refractivity contribution in [3.05, 3.63) is 29.8 Å². The number of rotatable bonds is 7. The van der Waals surface area contributed by atoms with Crippen LogP contribution in [0.2, 0.25) is 0 Å². The molecule has 0 radical (unpaired) electrons. The Kier molecular flexibility index (Phi) is 5.01. The molecule has 1 aromatic carbocycles. The second-order valence-electron chi connectivity index (χ2n) is 5.49. The van der Waals surface area contributed by atoms with E-state index in [1.165, 1.54) is 12.8 Å². The molecular formula is C16H24N2O2. The monoisotopic (exact) mass is 276 g/mol. The van der Waals surface area contributed by atoms with Crippen LogP contribution in [-0.4, -0.2) is 19.1 Å². The van der Waals surface area contributed by atoms with Crippen LogP contribution >= 0.6 is 0 Å². The third-order valence-corrected chi connectivity index (χ3v) is 3.80. The molecule has 3 N–H and O–H groups in total. The van der Waals surface area contributed by atoms with E-state index in [0.29, 0.717) is 5.92 Å². The van der Waals surface area contributed by atoms with Crippen LogP contribution in [-0.2, 0) is 4.79 Å². The predicted molar refractivity (Wildman–Crippen MR) is 79.5 cm³/mol. The molecule has 2 unspecified atom stereocenters. The van der Waals surface area contributed by atoms with Gasteiger partial charge in [0, 0.05) is 0 Å². The highest BCUT2D eigenvalue weighted by atomic mass is 16.5. The van der Waals surface area contributed by atoms with Crippen LogP contribution in [0, 0.1) is 5.92 Å². The fraction of sp³-hybridized carbons (Fsp3) is 0.562. The summed E-state index contributed by atoms with van der Waals surface area (Å²) in [6.07, 6.45) is 3.98. The number of amides is 1. The number of hydrogen-bond acceptors (Lipinski definition) is 3. The summed E-state index contributed by atoms with van der Waals surface area (Å²) >= 11 is 0. The highest BCUT2D eigenvalue weighted by molar-refractivity contribution is 5.81. The summed E-state index contributed by atoms with van der Waals surface area (Å²) < 4.78 is 5.17. The molecule has 0 heterocycles. The first-order chi connectivity index (χ1) is 9.65. The zero-order valence-corrected chi connectivity index (χ0v) is 12.3.